The van der Waals surface area contributed by atoms with E-state index in [4.69, 9.17) is 16.3 Å². The van der Waals surface area contributed by atoms with Gasteiger partial charge in [-0.25, -0.2) is 4.79 Å². The summed E-state index contributed by atoms with van der Waals surface area (Å²) in [6.07, 6.45) is 1.31. The molecule has 0 spiro atoms. The molecule has 4 nitrogen and oxygen atoms in total. The second-order valence-electron chi connectivity index (χ2n) is 3.00. The first-order valence-corrected chi connectivity index (χ1v) is 5.13. The summed E-state index contributed by atoms with van der Waals surface area (Å²) in [5, 5.41) is 2.44. The van der Waals surface area contributed by atoms with Crippen LogP contribution < -0.4 is 5.32 Å². The van der Waals surface area contributed by atoms with E-state index < -0.39 is 12.0 Å². The molecule has 0 fully saturated rings. The van der Waals surface area contributed by atoms with Crippen LogP contribution in [0.1, 0.15) is 20.3 Å². The van der Waals surface area contributed by atoms with Crippen LogP contribution in [0.4, 0.5) is 0 Å². The highest BCUT2D eigenvalue weighted by Crippen LogP contribution is 2.08. The normalized spacial score (nSPS) is 14.2. The molecule has 14 heavy (non-hydrogen) atoms. The van der Waals surface area contributed by atoms with E-state index in [1.54, 1.807) is 0 Å². The number of hydrogen-bond donors (Lipinski definition) is 1. The minimum Gasteiger partial charge on any atom is -0.463 e. The van der Waals surface area contributed by atoms with E-state index in [0.29, 0.717) is 6.41 Å². The van der Waals surface area contributed by atoms with Crippen molar-refractivity contribution in [2.45, 2.75) is 26.3 Å². The molecule has 0 aromatic rings. The van der Waals surface area contributed by atoms with Gasteiger partial charge >= 0.3 is 5.97 Å². The monoisotopic (exact) mass is 221 g/mol. The Kier molecular flexibility index (Phi) is 7.20. The van der Waals surface area contributed by atoms with Crippen molar-refractivity contribution >= 4 is 24.0 Å². The Morgan fingerprint density at radius 3 is 2.71 bits per heavy atom. The average molecular weight is 222 g/mol. The summed E-state index contributed by atoms with van der Waals surface area (Å²) in [5.41, 5.74) is 0. The van der Waals surface area contributed by atoms with Gasteiger partial charge in [0.25, 0.3) is 0 Å². The van der Waals surface area contributed by atoms with Crippen LogP contribution in [-0.4, -0.2) is 30.9 Å². The summed E-state index contributed by atoms with van der Waals surface area (Å²) >= 11 is 5.37. The van der Waals surface area contributed by atoms with Crippen molar-refractivity contribution in [2.75, 3.05) is 12.5 Å². The van der Waals surface area contributed by atoms with Crippen LogP contribution in [0.3, 0.4) is 0 Å². The molecule has 0 aromatic carbocycles. The lowest BCUT2D eigenvalue weighted by atomic mass is 10.00. The minimum absolute atomic E-state index is 0.0584. The third kappa shape index (κ3) is 4.46. The highest BCUT2D eigenvalue weighted by atomic mass is 35.5. The average Bonchev–Trinajstić information content (AvgIpc) is 2.21. The fraction of sp³-hybridized carbons (Fsp3) is 0.778. The van der Waals surface area contributed by atoms with Crippen LogP contribution in [0.5, 0.6) is 0 Å². The number of nitrogens with one attached hydrogen (secondary N) is 1. The Bertz CT molecular complexity index is 187. The Morgan fingerprint density at radius 1 is 1.64 bits per heavy atom. The molecule has 1 N–H and O–H groups in total. The molecule has 82 valence electrons. The van der Waals surface area contributed by atoms with E-state index in [1.807, 2.05) is 13.8 Å². The molecule has 0 aromatic heterocycles. The maximum Gasteiger partial charge on any atom is 0.328 e. The summed E-state index contributed by atoms with van der Waals surface area (Å²) in [7, 11) is 0. The number of halogens is 1. The van der Waals surface area contributed by atoms with Crippen LogP contribution in [0, 0.1) is 5.92 Å². The third-order valence-corrected chi connectivity index (χ3v) is 2.19. The number of amides is 1. The molecule has 0 bridgehead atoms. The molecule has 0 saturated heterocycles. The Balaban J connectivity index is 4.17. The van der Waals surface area contributed by atoms with Crippen LogP contribution in [0.15, 0.2) is 0 Å². The lowest BCUT2D eigenvalue weighted by Crippen LogP contribution is -2.42. The molecule has 0 unspecified atom stereocenters. The molecule has 1 amide bonds. The van der Waals surface area contributed by atoms with Gasteiger partial charge in [0.15, 0.2) is 0 Å². The second-order valence-corrected chi connectivity index (χ2v) is 3.38. The molecule has 0 aliphatic rings. The van der Waals surface area contributed by atoms with E-state index in [-0.39, 0.29) is 18.4 Å². The van der Waals surface area contributed by atoms with Crippen molar-refractivity contribution in [3.05, 3.63) is 0 Å². The first-order valence-electron chi connectivity index (χ1n) is 4.59. The predicted octanol–water partition coefficient (Wildman–Crippen LogP) is 0.929. The number of carbonyl (C=O) groups excluding carboxylic acids is 2. The molecule has 5 heteroatoms. The van der Waals surface area contributed by atoms with E-state index in [0.717, 1.165) is 6.42 Å². The zero-order valence-corrected chi connectivity index (χ0v) is 9.21. The number of carbonyl (C=O) groups is 2. The number of esters is 1. The van der Waals surface area contributed by atoms with Gasteiger partial charge in [-0.15, -0.1) is 11.6 Å². The van der Waals surface area contributed by atoms with Crippen LogP contribution in [-0.2, 0) is 14.3 Å². The van der Waals surface area contributed by atoms with Gasteiger partial charge in [-0.1, -0.05) is 20.3 Å². The van der Waals surface area contributed by atoms with Crippen molar-refractivity contribution in [3.63, 3.8) is 0 Å². The third-order valence-electron chi connectivity index (χ3n) is 2.04. The number of ether oxygens (including phenoxy) is 1. The van der Waals surface area contributed by atoms with Crippen molar-refractivity contribution in [1.29, 1.82) is 0 Å². The maximum atomic E-state index is 11.4. The second kappa shape index (κ2) is 7.62. The quantitative estimate of drug-likeness (QED) is 0.395. The minimum atomic E-state index is -0.569. The van der Waals surface area contributed by atoms with Gasteiger partial charge in [-0.05, 0) is 5.92 Å². The maximum absolute atomic E-state index is 11.4. The molecular weight excluding hydrogens is 206 g/mol. The SMILES string of the molecule is CC[C@H](C)[C@H](NC=O)C(=O)OCCCl. The first-order chi connectivity index (χ1) is 6.67. The Morgan fingerprint density at radius 2 is 2.29 bits per heavy atom. The predicted molar refractivity (Wildman–Crippen MR) is 54.1 cm³/mol. The zero-order valence-electron chi connectivity index (χ0n) is 8.46. The highest BCUT2D eigenvalue weighted by Gasteiger charge is 2.24. The number of hydrogen-bond acceptors (Lipinski definition) is 3. The summed E-state index contributed by atoms with van der Waals surface area (Å²) in [5.74, 6) is -0.102. The van der Waals surface area contributed by atoms with Crippen molar-refractivity contribution in [2.24, 2.45) is 5.92 Å². The summed E-state index contributed by atoms with van der Waals surface area (Å²) < 4.78 is 4.84. The smallest absolute Gasteiger partial charge is 0.328 e. The van der Waals surface area contributed by atoms with E-state index in [1.165, 1.54) is 0 Å². The molecule has 2 atom stereocenters. The largest absolute Gasteiger partial charge is 0.463 e. The topological polar surface area (TPSA) is 55.4 Å². The van der Waals surface area contributed by atoms with Crippen LogP contribution in [0.25, 0.3) is 0 Å². The first kappa shape index (κ1) is 13.2. The summed E-state index contributed by atoms with van der Waals surface area (Å²) in [4.78, 5) is 21.7. The van der Waals surface area contributed by atoms with Crippen molar-refractivity contribution in [3.8, 4) is 0 Å². The van der Waals surface area contributed by atoms with Crippen LogP contribution in [0.2, 0.25) is 0 Å². The molecule has 0 radical (unpaired) electrons. The van der Waals surface area contributed by atoms with E-state index in [2.05, 4.69) is 5.32 Å². The number of alkyl halides is 1. The lowest BCUT2D eigenvalue weighted by molar-refractivity contribution is -0.147. The summed E-state index contributed by atoms with van der Waals surface area (Å²) in [6.45, 7) is 4.00. The van der Waals surface area contributed by atoms with Crippen LogP contribution >= 0.6 is 11.6 Å². The zero-order chi connectivity index (χ0) is 11.0. The number of rotatable bonds is 7. The fourth-order valence-corrected chi connectivity index (χ4v) is 1.08. The fourth-order valence-electron chi connectivity index (χ4n) is 1.00. The van der Waals surface area contributed by atoms with Gasteiger partial charge in [0.1, 0.15) is 12.6 Å². The lowest BCUT2D eigenvalue weighted by Gasteiger charge is -2.20. The Labute approximate surface area is 88.9 Å². The summed E-state index contributed by atoms with van der Waals surface area (Å²) in [6, 6.07) is -0.569. The van der Waals surface area contributed by atoms with Gasteiger partial charge in [0.05, 0.1) is 5.88 Å². The van der Waals surface area contributed by atoms with Gasteiger partial charge in [-0.2, -0.15) is 0 Å². The van der Waals surface area contributed by atoms with E-state index >= 15 is 0 Å². The molecule has 0 saturated carbocycles. The highest BCUT2D eigenvalue weighted by molar-refractivity contribution is 6.18. The molecule has 0 rings (SSSR count). The van der Waals surface area contributed by atoms with E-state index in [9.17, 15) is 9.59 Å². The van der Waals surface area contributed by atoms with Gasteiger partial charge in [0.2, 0.25) is 6.41 Å². The Hall–Kier alpha value is -0.770. The standard InChI is InChI=1S/C9H16ClNO3/c1-3-7(2)8(11-6-12)9(13)14-5-4-10/h6-8H,3-5H2,1-2H3,(H,11,12)/t7-,8-/m0/s1. The van der Waals surface area contributed by atoms with Crippen molar-refractivity contribution in [1.82, 2.24) is 5.32 Å². The van der Waals surface area contributed by atoms with Gasteiger partial charge in [0, 0.05) is 0 Å². The molecular formula is C9H16ClNO3. The van der Waals surface area contributed by atoms with Crippen molar-refractivity contribution < 1.29 is 14.3 Å². The molecule has 0 aliphatic carbocycles. The van der Waals surface area contributed by atoms with Gasteiger partial charge in [-0.3, -0.25) is 4.79 Å². The molecule has 0 heterocycles. The molecule has 0 aliphatic heterocycles. The van der Waals surface area contributed by atoms with Gasteiger partial charge < -0.3 is 10.1 Å².